The van der Waals surface area contributed by atoms with Gasteiger partial charge in [0.05, 0.1) is 5.39 Å². The number of halogens is 1. The molecular weight excluding hydrogens is 374 g/mol. The number of hydrogen-bond acceptors (Lipinski definition) is 4. The van der Waals surface area contributed by atoms with Gasteiger partial charge in [0.1, 0.15) is 17.0 Å². The van der Waals surface area contributed by atoms with E-state index < -0.39 is 0 Å². The smallest absolute Gasteiger partial charge is 0.143 e. The number of aryl methyl sites for hydroxylation is 2. The van der Waals surface area contributed by atoms with Crippen molar-refractivity contribution in [2.75, 3.05) is 5.32 Å². The van der Waals surface area contributed by atoms with Crippen molar-refractivity contribution in [3.05, 3.63) is 70.3 Å². The first kappa shape index (κ1) is 16.7. The molecule has 4 aromatic rings. The third-order valence-corrected chi connectivity index (χ3v) is 6.24. The molecule has 5 rings (SSSR count). The summed E-state index contributed by atoms with van der Waals surface area (Å²) in [6.45, 7) is 0. The van der Waals surface area contributed by atoms with Crippen LogP contribution in [0.2, 0.25) is 5.02 Å². The molecule has 5 heteroatoms. The van der Waals surface area contributed by atoms with Gasteiger partial charge in [0.15, 0.2) is 0 Å². The maximum atomic E-state index is 6.13. The second-order valence-electron chi connectivity index (χ2n) is 6.88. The summed E-state index contributed by atoms with van der Waals surface area (Å²) in [5, 5.41) is 7.37. The lowest BCUT2D eigenvalue weighted by Gasteiger charge is -2.16. The molecule has 0 unspecified atom stereocenters. The summed E-state index contributed by atoms with van der Waals surface area (Å²) < 4.78 is 0. The van der Waals surface area contributed by atoms with Gasteiger partial charge in [-0.1, -0.05) is 35.9 Å². The van der Waals surface area contributed by atoms with Crippen LogP contribution in [0.1, 0.15) is 24.0 Å². The van der Waals surface area contributed by atoms with Crippen molar-refractivity contribution in [1.29, 1.82) is 0 Å². The van der Waals surface area contributed by atoms with Crippen LogP contribution in [0.25, 0.3) is 21.3 Å². The Morgan fingerprint density at radius 2 is 1.85 bits per heavy atom. The second kappa shape index (κ2) is 6.95. The van der Waals surface area contributed by atoms with Crippen molar-refractivity contribution < 1.29 is 0 Å². The Bertz CT molecular complexity index is 1140. The summed E-state index contributed by atoms with van der Waals surface area (Å²) in [4.78, 5) is 9.98. The Morgan fingerprint density at radius 1 is 0.963 bits per heavy atom. The van der Waals surface area contributed by atoms with E-state index in [9.17, 15) is 0 Å². The Hall–Kier alpha value is -2.43. The molecular formula is C22H18ClN3S. The first-order chi connectivity index (χ1) is 13.3. The first-order valence-electron chi connectivity index (χ1n) is 9.15. The van der Waals surface area contributed by atoms with Gasteiger partial charge in [0, 0.05) is 21.7 Å². The van der Waals surface area contributed by atoms with E-state index in [4.69, 9.17) is 11.6 Å². The average molecular weight is 392 g/mol. The van der Waals surface area contributed by atoms with Crippen LogP contribution < -0.4 is 5.32 Å². The zero-order chi connectivity index (χ0) is 18.2. The predicted octanol–water partition coefficient (Wildman–Crippen LogP) is 6.63. The highest BCUT2D eigenvalue weighted by Crippen LogP contribution is 2.38. The van der Waals surface area contributed by atoms with Crippen LogP contribution in [-0.4, -0.2) is 9.97 Å². The Morgan fingerprint density at radius 3 is 2.74 bits per heavy atom. The number of aromatic nitrogens is 2. The van der Waals surface area contributed by atoms with Crippen molar-refractivity contribution in [1.82, 2.24) is 9.97 Å². The standard InChI is InChI=1S/C22H18ClN3S/c23-17-6-3-7-18(11-17)26-21-20-19(12-27-22(20)25-13-24-21)16-9-8-14-4-1-2-5-15(14)10-16/h3,6-13H,1-2,4-5H2,(H,24,25,26). The molecule has 2 aromatic heterocycles. The van der Waals surface area contributed by atoms with Crippen LogP contribution >= 0.6 is 22.9 Å². The summed E-state index contributed by atoms with van der Waals surface area (Å²) in [6.07, 6.45) is 6.57. The fourth-order valence-electron chi connectivity index (χ4n) is 3.79. The van der Waals surface area contributed by atoms with Crippen molar-refractivity contribution in [3.63, 3.8) is 0 Å². The minimum Gasteiger partial charge on any atom is -0.340 e. The van der Waals surface area contributed by atoms with Crippen LogP contribution in [0.3, 0.4) is 0 Å². The zero-order valence-corrected chi connectivity index (χ0v) is 16.3. The average Bonchev–Trinajstić information content (AvgIpc) is 3.13. The summed E-state index contributed by atoms with van der Waals surface area (Å²) >= 11 is 7.79. The Kier molecular flexibility index (Phi) is 4.30. The van der Waals surface area contributed by atoms with Gasteiger partial charge in [-0.15, -0.1) is 11.3 Å². The van der Waals surface area contributed by atoms with Crippen LogP contribution in [0.5, 0.6) is 0 Å². The highest BCUT2D eigenvalue weighted by Gasteiger charge is 2.16. The van der Waals surface area contributed by atoms with E-state index >= 15 is 0 Å². The Labute approximate surface area is 167 Å². The minimum absolute atomic E-state index is 0.700. The molecule has 134 valence electrons. The van der Waals surface area contributed by atoms with E-state index in [0.717, 1.165) is 21.7 Å². The fourth-order valence-corrected chi connectivity index (χ4v) is 4.89. The molecule has 0 atom stereocenters. The summed E-state index contributed by atoms with van der Waals surface area (Å²) in [5.41, 5.74) is 6.33. The summed E-state index contributed by atoms with van der Waals surface area (Å²) in [5.74, 6) is 0.816. The molecule has 0 radical (unpaired) electrons. The largest absolute Gasteiger partial charge is 0.340 e. The number of thiophene rings is 1. The van der Waals surface area contributed by atoms with Gasteiger partial charge < -0.3 is 5.32 Å². The maximum absolute atomic E-state index is 6.13. The molecule has 1 N–H and O–H groups in total. The van der Waals surface area contributed by atoms with E-state index in [-0.39, 0.29) is 0 Å². The van der Waals surface area contributed by atoms with Crippen LogP contribution in [0.15, 0.2) is 54.2 Å². The molecule has 3 nitrogen and oxygen atoms in total. The molecule has 1 aliphatic carbocycles. The Balaban J connectivity index is 1.61. The third-order valence-electron chi connectivity index (χ3n) is 5.12. The molecule has 2 heterocycles. The topological polar surface area (TPSA) is 37.8 Å². The van der Waals surface area contributed by atoms with Gasteiger partial charge in [-0.2, -0.15) is 0 Å². The minimum atomic E-state index is 0.700. The normalized spacial score (nSPS) is 13.5. The van der Waals surface area contributed by atoms with E-state index in [1.165, 1.54) is 47.9 Å². The van der Waals surface area contributed by atoms with E-state index in [1.54, 1.807) is 17.7 Å². The van der Waals surface area contributed by atoms with E-state index in [2.05, 4.69) is 38.9 Å². The lowest BCUT2D eigenvalue weighted by atomic mass is 9.89. The molecule has 0 saturated heterocycles. The summed E-state index contributed by atoms with van der Waals surface area (Å²) in [6, 6.07) is 14.6. The van der Waals surface area contributed by atoms with Crippen molar-refractivity contribution in [3.8, 4) is 11.1 Å². The number of anilines is 2. The third kappa shape index (κ3) is 3.20. The highest BCUT2D eigenvalue weighted by atomic mass is 35.5. The van der Waals surface area contributed by atoms with E-state index in [0.29, 0.717) is 5.02 Å². The van der Waals surface area contributed by atoms with Gasteiger partial charge in [0.25, 0.3) is 0 Å². The van der Waals surface area contributed by atoms with Crippen molar-refractivity contribution >= 4 is 44.7 Å². The molecule has 2 aromatic carbocycles. The first-order valence-corrected chi connectivity index (χ1v) is 10.4. The molecule has 0 amide bonds. The summed E-state index contributed by atoms with van der Waals surface area (Å²) in [7, 11) is 0. The number of rotatable bonds is 3. The molecule has 0 saturated carbocycles. The van der Waals surface area contributed by atoms with E-state index in [1.807, 2.05) is 24.3 Å². The molecule has 0 spiro atoms. The van der Waals surface area contributed by atoms with Gasteiger partial charge in [-0.05, 0) is 60.6 Å². The van der Waals surface area contributed by atoms with Gasteiger partial charge in [-0.3, -0.25) is 0 Å². The van der Waals surface area contributed by atoms with Gasteiger partial charge >= 0.3 is 0 Å². The lowest BCUT2D eigenvalue weighted by molar-refractivity contribution is 0.686. The highest BCUT2D eigenvalue weighted by molar-refractivity contribution is 7.17. The predicted molar refractivity (Wildman–Crippen MR) is 114 cm³/mol. The molecule has 1 aliphatic rings. The van der Waals surface area contributed by atoms with Crippen LogP contribution in [0.4, 0.5) is 11.5 Å². The second-order valence-corrected chi connectivity index (χ2v) is 8.17. The maximum Gasteiger partial charge on any atom is 0.143 e. The lowest BCUT2D eigenvalue weighted by Crippen LogP contribution is -2.02. The zero-order valence-electron chi connectivity index (χ0n) is 14.7. The fraction of sp³-hybridized carbons (Fsp3) is 0.182. The van der Waals surface area contributed by atoms with Gasteiger partial charge in [-0.25, -0.2) is 9.97 Å². The number of fused-ring (bicyclic) bond motifs is 2. The van der Waals surface area contributed by atoms with Crippen LogP contribution in [-0.2, 0) is 12.8 Å². The molecule has 27 heavy (non-hydrogen) atoms. The van der Waals surface area contributed by atoms with Crippen molar-refractivity contribution in [2.45, 2.75) is 25.7 Å². The monoisotopic (exact) mass is 391 g/mol. The van der Waals surface area contributed by atoms with Crippen molar-refractivity contribution in [2.24, 2.45) is 0 Å². The number of hydrogen-bond donors (Lipinski definition) is 1. The molecule has 0 bridgehead atoms. The van der Waals surface area contributed by atoms with Crippen LogP contribution in [0, 0.1) is 0 Å². The number of nitrogens with zero attached hydrogens (tertiary/aromatic N) is 2. The SMILES string of the molecule is Clc1cccc(Nc2ncnc3scc(-c4ccc5c(c4)CCCC5)c23)c1. The van der Waals surface area contributed by atoms with Gasteiger partial charge in [0.2, 0.25) is 0 Å². The molecule has 0 fully saturated rings. The quantitative estimate of drug-likeness (QED) is 0.425. The number of benzene rings is 2. The molecule has 0 aliphatic heterocycles. The number of nitrogens with one attached hydrogen (secondary N) is 1.